The molecule has 12 rings (SSSR count). The van der Waals surface area contributed by atoms with Crippen LogP contribution in [0.25, 0.3) is 110 Å². The topological polar surface area (TPSA) is 35.6 Å². The van der Waals surface area contributed by atoms with Gasteiger partial charge in [0, 0.05) is 38.2 Å². The molecule has 0 radical (unpaired) electrons. The molecule has 0 bridgehead atoms. The minimum Gasteiger partial charge on any atom is -0.309 e. The van der Waals surface area contributed by atoms with Crippen molar-refractivity contribution < 1.29 is 0 Å². The van der Waals surface area contributed by atoms with Gasteiger partial charge in [-0.2, -0.15) is 0 Å². The molecule has 0 atom stereocenters. The second-order valence-electron chi connectivity index (χ2n) is 15.0. The quantitative estimate of drug-likeness (QED) is 0.176. The van der Waals surface area contributed by atoms with Crippen LogP contribution in [0.4, 0.5) is 0 Å². The highest BCUT2D eigenvalue weighted by atomic mass is 15.2. The molecule has 3 aromatic heterocycles. The number of hydrogen-bond acceptors (Lipinski definition) is 2. The van der Waals surface area contributed by atoms with Crippen molar-refractivity contribution in [2.75, 3.05) is 0 Å². The van der Waals surface area contributed by atoms with Gasteiger partial charge in [0.25, 0.3) is 0 Å². The van der Waals surface area contributed by atoms with Crippen molar-refractivity contribution in [3.05, 3.63) is 206 Å². The second kappa shape index (κ2) is 12.9. The number of fused-ring (bicyclic) bond motifs is 9. The maximum absolute atomic E-state index is 5.45. The molecule has 9 aromatic carbocycles. The smallest absolute Gasteiger partial charge is 0.235 e. The Morgan fingerprint density at radius 2 is 0.845 bits per heavy atom. The van der Waals surface area contributed by atoms with Crippen LogP contribution in [0.3, 0.4) is 0 Å². The van der Waals surface area contributed by atoms with Gasteiger partial charge in [-0.05, 0) is 81.6 Å². The van der Waals surface area contributed by atoms with Crippen LogP contribution < -0.4 is 0 Å². The van der Waals surface area contributed by atoms with Gasteiger partial charge >= 0.3 is 0 Å². The van der Waals surface area contributed by atoms with E-state index in [1.807, 2.05) is 0 Å². The van der Waals surface area contributed by atoms with E-state index in [0.29, 0.717) is 5.95 Å². The standard InChI is InChI=1S/C54H34N4/c1-2-12-35(13-3-1)36-22-24-37(25-23-36)38-26-30-41(31-27-38)57-48-20-10-7-16-43(48)46-34-40(29-32-50(46)57)53-44-17-6-9-19-47(44)55-54(56-53)58-49-21-11-8-18-45(49)52-42-15-5-4-14-39(42)28-33-51(52)58/h1-34H. The van der Waals surface area contributed by atoms with Crippen molar-refractivity contribution in [3.8, 4) is 45.1 Å². The van der Waals surface area contributed by atoms with Crippen molar-refractivity contribution in [2.24, 2.45) is 0 Å². The first-order valence-corrected chi connectivity index (χ1v) is 19.7. The Hall–Kier alpha value is -7.82. The van der Waals surface area contributed by atoms with Crippen molar-refractivity contribution in [1.29, 1.82) is 0 Å². The summed E-state index contributed by atoms with van der Waals surface area (Å²) >= 11 is 0. The van der Waals surface area contributed by atoms with Crippen LogP contribution >= 0.6 is 0 Å². The lowest BCUT2D eigenvalue weighted by atomic mass is 10.0. The summed E-state index contributed by atoms with van der Waals surface area (Å²) in [5.41, 5.74) is 13.3. The van der Waals surface area contributed by atoms with E-state index in [4.69, 9.17) is 9.97 Å². The minimum atomic E-state index is 0.660. The SMILES string of the molecule is c1ccc(-c2ccc(-c3ccc(-n4c5ccccc5c5cc(-c6nc(-n7c8ccccc8c8c9ccccc9ccc87)nc7ccccc67)ccc54)cc3)cc2)cc1. The molecule has 270 valence electrons. The third-order valence-electron chi connectivity index (χ3n) is 11.8. The van der Waals surface area contributed by atoms with Gasteiger partial charge in [-0.25, -0.2) is 9.97 Å². The summed E-state index contributed by atoms with van der Waals surface area (Å²) in [6.45, 7) is 0. The summed E-state index contributed by atoms with van der Waals surface area (Å²) in [6.07, 6.45) is 0. The van der Waals surface area contributed by atoms with Gasteiger partial charge in [0.15, 0.2) is 0 Å². The van der Waals surface area contributed by atoms with E-state index in [1.54, 1.807) is 0 Å². The zero-order chi connectivity index (χ0) is 38.2. The van der Waals surface area contributed by atoms with Crippen LogP contribution in [0, 0.1) is 0 Å². The maximum atomic E-state index is 5.45. The zero-order valence-corrected chi connectivity index (χ0v) is 31.4. The van der Waals surface area contributed by atoms with E-state index in [-0.39, 0.29) is 0 Å². The summed E-state index contributed by atoms with van der Waals surface area (Å²) in [6, 6.07) is 73.8. The molecule has 0 N–H and O–H groups in total. The van der Waals surface area contributed by atoms with E-state index in [2.05, 4.69) is 215 Å². The molecule has 4 heteroatoms. The van der Waals surface area contributed by atoms with Crippen LogP contribution in [0.1, 0.15) is 0 Å². The fourth-order valence-electron chi connectivity index (χ4n) is 9.03. The Labute approximate surface area is 334 Å². The molecule has 0 aliphatic carbocycles. The highest BCUT2D eigenvalue weighted by molar-refractivity contribution is 6.21. The van der Waals surface area contributed by atoms with E-state index < -0.39 is 0 Å². The molecule has 0 fully saturated rings. The first-order valence-electron chi connectivity index (χ1n) is 19.7. The third-order valence-corrected chi connectivity index (χ3v) is 11.8. The van der Waals surface area contributed by atoms with Crippen LogP contribution in [-0.4, -0.2) is 19.1 Å². The molecule has 0 saturated carbocycles. The molecule has 3 heterocycles. The Bertz CT molecular complexity index is 3540. The molecule has 0 amide bonds. The van der Waals surface area contributed by atoms with E-state index in [9.17, 15) is 0 Å². The average molecular weight is 739 g/mol. The number of nitrogens with zero attached hydrogens (tertiary/aromatic N) is 4. The monoisotopic (exact) mass is 738 g/mol. The molecule has 0 spiro atoms. The summed E-state index contributed by atoms with van der Waals surface area (Å²) in [5, 5.41) is 8.26. The maximum Gasteiger partial charge on any atom is 0.235 e. The molecular weight excluding hydrogens is 705 g/mol. The fraction of sp³-hybridized carbons (Fsp3) is 0. The Kier molecular flexibility index (Phi) is 7.20. The lowest BCUT2D eigenvalue weighted by molar-refractivity contribution is 1.01. The first kappa shape index (κ1) is 32.4. The highest BCUT2D eigenvalue weighted by Crippen LogP contribution is 2.39. The van der Waals surface area contributed by atoms with Crippen molar-refractivity contribution in [2.45, 2.75) is 0 Å². The lowest BCUT2D eigenvalue weighted by Gasteiger charge is -2.13. The van der Waals surface area contributed by atoms with Crippen molar-refractivity contribution in [3.63, 3.8) is 0 Å². The van der Waals surface area contributed by atoms with E-state index in [1.165, 1.54) is 60.1 Å². The van der Waals surface area contributed by atoms with Crippen LogP contribution in [-0.2, 0) is 0 Å². The predicted molar refractivity (Wildman–Crippen MR) is 242 cm³/mol. The predicted octanol–water partition coefficient (Wildman–Crippen LogP) is 14.0. The molecular formula is C54H34N4. The summed E-state index contributed by atoms with van der Waals surface area (Å²) in [7, 11) is 0. The van der Waals surface area contributed by atoms with Gasteiger partial charge in [-0.1, -0.05) is 158 Å². The number of benzene rings is 9. The molecule has 0 aliphatic heterocycles. The normalized spacial score (nSPS) is 11.8. The van der Waals surface area contributed by atoms with E-state index in [0.717, 1.165) is 44.4 Å². The van der Waals surface area contributed by atoms with Gasteiger partial charge < -0.3 is 4.57 Å². The molecule has 0 saturated heterocycles. The van der Waals surface area contributed by atoms with E-state index >= 15 is 0 Å². The van der Waals surface area contributed by atoms with Gasteiger partial charge in [0.2, 0.25) is 5.95 Å². The Morgan fingerprint density at radius 3 is 1.60 bits per heavy atom. The fourth-order valence-corrected chi connectivity index (χ4v) is 9.03. The van der Waals surface area contributed by atoms with Gasteiger partial charge in [-0.15, -0.1) is 0 Å². The number of aromatic nitrogens is 4. The van der Waals surface area contributed by atoms with Crippen LogP contribution in [0.2, 0.25) is 0 Å². The minimum absolute atomic E-state index is 0.660. The molecule has 12 aromatic rings. The third kappa shape index (κ3) is 5.02. The Balaban J connectivity index is 0.999. The highest BCUT2D eigenvalue weighted by Gasteiger charge is 2.20. The molecule has 58 heavy (non-hydrogen) atoms. The van der Waals surface area contributed by atoms with Crippen molar-refractivity contribution in [1.82, 2.24) is 19.1 Å². The number of hydrogen-bond donors (Lipinski definition) is 0. The van der Waals surface area contributed by atoms with Gasteiger partial charge in [0.05, 0.1) is 33.3 Å². The molecule has 0 aliphatic rings. The van der Waals surface area contributed by atoms with Gasteiger partial charge in [-0.3, -0.25) is 4.57 Å². The second-order valence-corrected chi connectivity index (χ2v) is 15.0. The average Bonchev–Trinajstić information content (AvgIpc) is 3.82. The van der Waals surface area contributed by atoms with Crippen LogP contribution in [0.15, 0.2) is 206 Å². The number of rotatable bonds is 5. The van der Waals surface area contributed by atoms with Crippen molar-refractivity contribution >= 4 is 65.3 Å². The molecule has 4 nitrogen and oxygen atoms in total. The first-order chi connectivity index (χ1) is 28.8. The Morgan fingerprint density at radius 1 is 0.310 bits per heavy atom. The summed E-state index contributed by atoms with van der Waals surface area (Å²) in [5.74, 6) is 0.660. The molecule has 0 unspecified atom stereocenters. The lowest BCUT2D eigenvalue weighted by Crippen LogP contribution is -2.03. The number of para-hydroxylation sites is 3. The van der Waals surface area contributed by atoms with Gasteiger partial charge in [0.1, 0.15) is 0 Å². The largest absolute Gasteiger partial charge is 0.309 e. The van der Waals surface area contributed by atoms with Crippen LogP contribution in [0.5, 0.6) is 0 Å². The zero-order valence-electron chi connectivity index (χ0n) is 31.4. The summed E-state index contributed by atoms with van der Waals surface area (Å²) < 4.78 is 4.61. The summed E-state index contributed by atoms with van der Waals surface area (Å²) in [4.78, 5) is 10.7.